The van der Waals surface area contributed by atoms with Gasteiger partial charge in [-0.15, -0.1) is 0 Å². The molecule has 0 aromatic heterocycles. The number of carbonyl (C=O) groups excluding carboxylic acids is 1. The van der Waals surface area contributed by atoms with Crippen molar-refractivity contribution in [3.63, 3.8) is 0 Å². The van der Waals surface area contributed by atoms with Crippen LogP contribution in [0.3, 0.4) is 0 Å². The first-order chi connectivity index (χ1) is 12.4. The SMILES string of the molecule is O=C1CC[C@@]2(S(=O)(=O)c3ccccc3)c3c(F)ccc(F)c3OC[C@H]2C1. The van der Waals surface area contributed by atoms with Crippen molar-refractivity contribution in [2.24, 2.45) is 5.92 Å². The van der Waals surface area contributed by atoms with E-state index in [9.17, 15) is 22.0 Å². The molecule has 2 aliphatic rings. The van der Waals surface area contributed by atoms with E-state index in [-0.39, 0.29) is 47.9 Å². The Labute approximate surface area is 149 Å². The Bertz CT molecular complexity index is 988. The molecule has 136 valence electrons. The molecule has 2 atom stereocenters. The molecule has 1 fully saturated rings. The summed E-state index contributed by atoms with van der Waals surface area (Å²) >= 11 is 0. The number of hydrogen-bond acceptors (Lipinski definition) is 4. The predicted octanol–water partition coefficient (Wildman–Crippen LogP) is 3.40. The third kappa shape index (κ3) is 2.23. The summed E-state index contributed by atoms with van der Waals surface area (Å²) in [6, 6.07) is 9.54. The number of hydrogen-bond donors (Lipinski definition) is 0. The zero-order valence-electron chi connectivity index (χ0n) is 13.7. The van der Waals surface area contributed by atoms with Crippen LogP contribution < -0.4 is 4.74 Å². The molecule has 0 N–H and O–H groups in total. The van der Waals surface area contributed by atoms with E-state index in [1.807, 2.05) is 0 Å². The highest BCUT2D eigenvalue weighted by Gasteiger charge is 2.59. The second-order valence-corrected chi connectivity index (χ2v) is 8.90. The van der Waals surface area contributed by atoms with Crippen LogP contribution >= 0.6 is 0 Å². The number of fused-ring (bicyclic) bond motifs is 3. The monoisotopic (exact) mass is 378 g/mol. The van der Waals surface area contributed by atoms with E-state index >= 15 is 0 Å². The largest absolute Gasteiger partial charge is 0.490 e. The number of benzene rings is 2. The summed E-state index contributed by atoms with van der Waals surface area (Å²) in [5, 5.41) is 0. The van der Waals surface area contributed by atoms with Gasteiger partial charge in [-0.1, -0.05) is 18.2 Å². The molecule has 0 spiro atoms. The Balaban J connectivity index is 2.05. The van der Waals surface area contributed by atoms with Gasteiger partial charge in [-0.3, -0.25) is 4.79 Å². The lowest BCUT2D eigenvalue weighted by molar-refractivity contribution is -0.123. The average molecular weight is 378 g/mol. The van der Waals surface area contributed by atoms with Gasteiger partial charge in [0, 0.05) is 18.8 Å². The van der Waals surface area contributed by atoms with E-state index in [2.05, 4.69) is 0 Å². The molecule has 0 saturated heterocycles. The van der Waals surface area contributed by atoms with E-state index in [1.54, 1.807) is 18.2 Å². The molecular formula is C19H16F2O4S. The van der Waals surface area contributed by atoms with Crippen LogP contribution in [0.15, 0.2) is 47.4 Å². The van der Waals surface area contributed by atoms with E-state index in [1.165, 1.54) is 12.1 Å². The number of sulfone groups is 1. The van der Waals surface area contributed by atoms with Gasteiger partial charge in [-0.25, -0.2) is 17.2 Å². The van der Waals surface area contributed by atoms with Gasteiger partial charge in [0.05, 0.1) is 17.1 Å². The zero-order valence-corrected chi connectivity index (χ0v) is 14.6. The number of ether oxygens (including phenoxy) is 1. The molecule has 7 heteroatoms. The summed E-state index contributed by atoms with van der Waals surface area (Å²) in [7, 11) is -4.10. The fraction of sp³-hybridized carbons (Fsp3) is 0.316. The van der Waals surface area contributed by atoms with Gasteiger partial charge in [0.25, 0.3) is 0 Å². The van der Waals surface area contributed by atoms with Crippen LogP contribution in [-0.4, -0.2) is 20.8 Å². The van der Waals surface area contributed by atoms with Crippen LogP contribution in [0.5, 0.6) is 5.75 Å². The predicted molar refractivity (Wildman–Crippen MR) is 89.5 cm³/mol. The van der Waals surface area contributed by atoms with Gasteiger partial charge in [0.15, 0.2) is 21.4 Å². The van der Waals surface area contributed by atoms with E-state index in [0.29, 0.717) is 0 Å². The quantitative estimate of drug-likeness (QED) is 0.804. The maximum Gasteiger partial charge on any atom is 0.188 e. The van der Waals surface area contributed by atoms with Crippen molar-refractivity contribution >= 4 is 15.6 Å². The first-order valence-electron chi connectivity index (χ1n) is 8.30. The van der Waals surface area contributed by atoms with E-state index in [4.69, 9.17) is 4.74 Å². The third-order valence-corrected chi connectivity index (χ3v) is 7.95. The van der Waals surface area contributed by atoms with Crippen molar-refractivity contribution in [3.05, 3.63) is 59.7 Å². The average Bonchev–Trinajstić information content (AvgIpc) is 2.64. The van der Waals surface area contributed by atoms with Crippen LogP contribution in [0, 0.1) is 17.6 Å². The minimum atomic E-state index is -4.10. The maximum atomic E-state index is 14.8. The highest BCUT2D eigenvalue weighted by atomic mass is 32.2. The minimum absolute atomic E-state index is 0.00203. The minimum Gasteiger partial charge on any atom is -0.490 e. The number of ketones is 1. The van der Waals surface area contributed by atoms with Crippen LogP contribution in [-0.2, 0) is 19.4 Å². The Morgan fingerprint density at radius 1 is 1.04 bits per heavy atom. The smallest absolute Gasteiger partial charge is 0.188 e. The molecule has 4 rings (SSSR count). The summed E-state index contributed by atoms with van der Waals surface area (Å²) in [6.45, 7) is -0.148. The van der Waals surface area contributed by atoms with Crippen molar-refractivity contribution in [3.8, 4) is 5.75 Å². The lowest BCUT2D eigenvalue weighted by Gasteiger charge is -2.46. The summed E-state index contributed by atoms with van der Waals surface area (Å²) < 4.78 is 60.0. The van der Waals surface area contributed by atoms with Crippen molar-refractivity contribution in [1.82, 2.24) is 0 Å². The lowest BCUT2D eigenvalue weighted by Crippen LogP contribution is -2.52. The Kier molecular flexibility index (Phi) is 3.87. The normalized spacial score (nSPS) is 25.2. The summed E-state index contributed by atoms with van der Waals surface area (Å²) in [4.78, 5) is 12.0. The molecule has 0 amide bonds. The molecule has 1 aliphatic heterocycles. The number of rotatable bonds is 2. The molecule has 1 heterocycles. The molecule has 2 aromatic carbocycles. The first kappa shape index (κ1) is 17.1. The topological polar surface area (TPSA) is 60.4 Å². The van der Waals surface area contributed by atoms with Crippen molar-refractivity contribution in [1.29, 1.82) is 0 Å². The first-order valence-corrected chi connectivity index (χ1v) is 9.79. The van der Waals surface area contributed by atoms with Gasteiger partial charge in [-0.05, 0) is 30.7 Å². The third-order valence-electron chi connectivity index (χ3n) is 5.35. The van der Waals surface area contributed by atoms with Gasteiger partial charge in [0.2, 0.25) is 0 Å². The fourth-order valence-corrected chi connectivity index (χ4v) is 6.50. The summed E-state index contributed by atoms with van der Waals surface area (Å²) in [5.74, 6) is -2.87. The van der Waals surface area contributed by atoms with Crippen LogP contribution in [0.4, 0.5) is 8.78 Å². The van der Waals surface area contributed by atoms with Gasteiger partial charge < -0.3 is 4.74 Å². The zero-order chi connectivity index (χ0) is 18.5. The highest BCUT2D eigenvalue weighted by Crippen LogP contribution is 2.55. The number of halogens is 2. The number of carbonyl (C=O) groups is 1. The van der Waals surface area contributed by atoms with Gasteiger partial charge >= 0.3 is 0 Å². The molecule has 0 bridgehead atoms. The molecule has 0 unspecified atom stereocenters. The lowest BCUT2D eigenvalue weighted by atomic mass is 9.72. The van der Waals surface area contributed by atoms with E-state index < -0.39 is 32.1 Å². The van der Waals surface area contributed by atoms with Gasteiger partial charge in [-0.2, -0.15) is 0 Å². The Morgan fingerprint density at radius 2 is 1.73 bits per heavy atom. The van der Waals surface area contributed by atoms with Crippen molar-refractivity contribution in [2.45, 2.75) is 28.9 Å². The van der Waals surface area contributed by atoms with Crippen molar-refractivity contribution < 1.29 is 26.7 Å². The Morgan fingerprint density at radius 3 is 2.46 bits per heavy atom. The Hall–Kier alpha value is -2.28. The summed E-state index contributed by atoms with van der Waals surface area (Å²) in [6.07, 6.45) is -0.135. The van der Waals surface area contributed by atoms with Crippen LogP contribution in [0.25, 0.3) is 0 Å². The molecule has 1 saturated carbocycles. The molecule has 26 heavy (non-hydrogen) atoms. The molecule has 2 aromatic rings. The molecule has 1 aliphatic carbocycles. The van der Waals surface area contributed by atoms with Crippen molar-refractivity contribution in [2.75, 3.05) is 6.61 Å². The van der Waals surface area contributed by atoms with Crippen LogP contribution in [0.1, 0.15) is 24.8 Å². The molecular weight excluding hydrogens is 362 g/mol. The number of Topliss-reactive ketones (excluding diaryl/α,β-unsaturated/α-hetero) is 1. The molecule has 0 radical (unpaired) electrons. The standard InChI is InChI=1S/C19H16F2O4S/c20-15-6-7-16(21)18-17(15)19(9-8-13(22)10-12(19)11-25-18)26(23,24)14-4-2-1-3-5-14/h1-7,12H,8-11H2/t12-,19+/m1/s1. The summed E-state index contributed by atoms with van der Waals surface area (Å²) in [5.41, 5.74) is -0.287. The van der Waals surface area contributed by atoms with Gasteiger partial charge in [0.1, 0.15) is 16.3 Å². The highest BCUT2D eigenvalue weighted by molar-refractivity contribution is 7.92. The van der Waals surface area contributed by atoms with Crippen LogP contribution in [0.2, 0.25) is 0 Å². The second-order valence-electron chi connectivity index (χ2n) is 6.69. The second kappa shape index (κ2) is 5.87. The molecule has 4 nitrogen and oxygen atoms in total. The maximum absolute atomic E-state index is 14.8. The van der Waals surface area contributed by atoms with E-state index in [0.717, 1.165) is 12.1 Å². The fourth-order valence-electron chi connectivity index (χ4n) is 4.14.